The third-order valence-electron chi connectivity index (χ3n) is 3.37. The van der Waals surface area contributed by atoms with E-state index in [9.17, 15) is 30.9 Å². The first-order valence-electron chi connectivity index (χ1n) is 7.94. The molecule has 1 rings (SSSR count). The number of hydrogen-bond acceptors (Lipinski definition) is 2. The van der Waals surface area contributed by atoms with Crippen LogP contribution in [-0.4, -0.2) is 27.4 Å². The molecule has 1 atom stereocenters. The Hall–Kier alpha value is -1.22. The van der Waals surface area contributed by atoms with Crippen LogP contribution in [0.1, 0.15) is 51.2 Å². The highest BCUT2D eigenvalue weighted by atomic mass is 32.2. The van der Waals surface area contributed by atoms with Crippen LogP contribution in [0.2, 0.25) is 0 Å². The van der Waals surface area contributed by atoms with Crippen LogP contribution in [0.25, 0.3) is 0 Å². The highest BCUT2D eigenvalue weighted by Gasteiger charge is 2.41. The summed E-state index contributed by atoms with van der Waals surface area (Å²) in [5, 5.41) is 0. The fraction of sp³-hybridized carbons (Fsp3) is 0.588. The summed E-state index contributed by atoms with van der Waals surface area (Å²) in [6, 6.07) is 5.24. The van der Waals surface area contributed by atoms with E-state index in [0.717, 1.165) is 0 Å². The first kappa shape index (κ1) is 22.8. The molecule has 0 saturated carbocycles. The Balaban J connectivity index is 2.87. The molecule has 2 nitrogen and oxygen atoms in total. The predicted molar refractivity (Wildman–Crippen MR) is 90.5 cm³/mol. The summed E-state index contributed by atoms with van der Waals surface area (Å²) in [7, 11) is 0. The summed E-state index contributed by atoms with van der Waals surface area (Å²) >= 11 is -2.07. The highest BCUT2D eigenvalue weighted by molar-refractivity contribution is 7.91. The van der Waals surface area contributed by atoms with Gasteiger partial charge in [0, 0.05) is 12.0 Å². The van der Waals surface area contributed by atoms with E-state index >= 15 is 0 Å². The van der Waals surface area contributed by atoms with Gasteiger partial charge in [0.25, 0.3) is 0 Å². The summed E-state index contributed by atoms with van der Waals surface area (Å²) in [6.45, 7) is 4.56. The lowest BCUT2D eigenvalue weighted by atomic mass is 10.0. The van der Waals surface area contributed by atoms with Crippen molar-refractivity contribution in [2.24, 2.45) is 4.40 Å². The van der Waals surface area contributed by atoms with Gasteiger partial charge in [-0.1, -0.05) is 28.7 Å². The summed E-state index contributed by atoms with van der Waals surface area (Å²) in [5.41, 5.74) is -0.821. The van der Waals surface area contributed by atoms with Gasteiger partial charge in [-0.05, 0) is 45.6 Å². The molecule has 0 radical (unpaired) electrons. The van der Waals surface area contributed by atoms with Crippen molar-refractivity contribution < 1.29 is 30.9 Å². The molecule has 148 valence electrons. The molecule has 26 heavy (non-hydrogen) atoms. The smallest absolute Gasteiger partial charge is 0.438 e. The van der Waals surface area contributed by atoms with Crippen LogP contribution >= 0.6 is 0 Å². The van der Waals surface area contributed by atoms with E-state index in [0.29, 0.717) is 12.0 Å². The molecule has 0 aromatic heterocycles. The summed E-state index contributed by atoms with van der Waals surface area (Å²) in [6.07, 6.45) is -9.27. The SMILES string of the molecule is CC(C)(C)[S+]([O-])/N=C(\c1ccc(CCCCC(F)(F)F)cc1)C(F)(F)F. The first-order valence-corrected chi connectivity index (χ1v) is 9.05. The minimum atomic E-state index is -4.77. The molecule has 0 bridgehead atoms. The van der Waals surface area contributed by atoms with E-state index in [2.05, 4.69) is 4.40 Å². The van der Waals surface area contributed by atoms with E-state index < -0.39 is 40.6 Å². The fourth-order valence-corrected chi connectivity index (χ4v) is 2.62. The molecule has 0 aliphatic carbocycles. The molecule has 0 fully saturated rings. The molecule has 0 amide bonds. The van der Waals surface area contributed by atoms with E-state index in [1.165, 1.54) is 45.0 Å². The van der Waals surface area contributed by atoms with E-state index in [1.54, 1.807) is 0 Å². The summed E-state index contributed by atoms with van der Waals surface area (Å²) in [4.78, 5) is 0. The summed E-state index contributed by atoms with van der Waals surface area (Å²) in [5.74, 6) is 0. The van der Waals surface area contributed by atoms with E-state index in [4.69, 9.17) is 0 Å². The number of halogens is 6. The standard InChI is InChI=1S/C17H21F6NOS/c1-15(2,3)26(25)24-14(17(21,22)23)13-9-7-12(8-10-13)6-4-5-11-16(18,19)20/h7-10H,4-6,11H2,1-3H3/b24-14+. The maximum atomic E-state index is 13.2. The maximum absolute atomic E-state index is 13.2. The third-order valence-corrected chi connectivity index (χ3v) is 4.77. The van der Waals surface area contributed by atoms with Crippen molar-refractivity contribution in [2.75, 3.05) is 0 Å². The Labute approximate surface area is 152 Å². The van der Waals surface area contributed by atoms with Gasteiger partial charge >= 0.3 is 12.4 Å². The Morgan fingerprint density at radius 1 is 0.962 bits per heavy atom. The molecule has 0 N–H and O–H groups in total. The Morgan fingerprint density at radius 2 is 1.50 bits per heavy atom. The number of alkyl halides is 6. The van der Waals surface area contributed by atoms with Crippen LogP contribution < -0.4 is 0 Å². The number of nitrogens with zero attached hydrogens (tertiary/aromatic N) is 1. The Morgan fingerprint density at radius 3 is 1.92 bits per heavy atom. The van der Waals surface area contributed by atoms with E-state index in [-0.39, 0.29) is 18.4 Å². The van der Waals surface area contributed by atoms with Gasteiger partial charge in [0.05, 0.1) is 0 Å². The lowest BCUT2D eigenvalue weighted by Gasteiger charge is -2.20. The zero-order valence-corrected chi connectivity index (χ0v) is 15.5. The summed E-state index contributed by atoms with van der Waals surface area (Å²) < 4.78 is 90.3. The zero-order valence-electron chi connectivity index (χ0n) is 14.7. The van der Waals surface area contributed by atoms with Gasteiger partial charge in [0.15, 0.2) is 0 Å². The maximum Gasteiger partial charge on any atom is 0.438 e. The molecular formula is C17H21F6NOS. The van der Waals surface area contributed by atoms with Gasteiger partial charge in [-0.15, -0.1) is 0 Å². The number of aryl methyl sites for hydroxylation is 1. The van der Waals surface area contributed by atoms with Crippen molar-refractivity contribution in [3.63, 3.8) is 0 Å². The second-order valence-corrected chi connectivity index (χ2v) is 8.72. The molecule has 1 unspecified atom stereocenters. The van der Waals surface area contributed by atoms with Crippen molar-refractivity contribution >= 4 is 17.1 Å². The lowest BCUT2D eigenvalue weighted by molar-refractivity contribution is -0.135. The highest BCUT2D eigenvalue weighted by Crippen LogP contribution is 2.27. The van der Waals surface area contributed by atoms with Crippen molar-refractivity contribution in [1.82, 2.24) is 0 Å². The zero-order chi connectivity index (χ0) is 20.2. The first-order chi connectivity index (χ1) is 11.7. The number of rotatable bonds is 6. The van der Waals surface area contributed by atoms with Crippen LogP contribution in [0.5, 0.6) is 0 Å². The second-order valence-electron chi connectivity index (χ2n) is 6.82. The third kappa shape index (κ3) is 7.99. The monoisotopic (exact) mass is 401 g/mol. The predicted octanol–water partition coefficient (Wildman–Crippen LogP) is 5.78. The normalized spacial score (nSPS) is 15.2. The van der Waals surface area contributed by atoms with Crippen LogP contribution in [0.4, 0.5) is 26.3 Å². The molecule has 1 aromatic carbocycles. The minimum absolute atomic E-state index is 0.0366. The van der Waals surface area contributed by atoms with Gasteiger partial charge in [0.1, 0.15) is 16.1 Å². The van der Waals surface area contributed by atoms with Gasteiger partial charge in [0.2, 0.25) is 5.71 Å². The van der Waals surface area contributed by atoms with Crippen LogP contribution in [-0.2, 0) is 17.8 Å². The molecule has 0 aliphatic heterocycles. The van der Waals surface area contributed by atoms with Crippen molar-refractivity contribution in [3.8, 4) is 0 Å². The largest absolute Gasteiger partial charge is 0.591 e. The van der Waals surface area contributed by atoms with Gasteiger partial charge in [-0.25, -0.2) is 0 Å². The second kappa shape index (κ2) is 8.65. The topological polar surface area (TPSA) is 35.4 Å². The lowest BCUT2D eigenvalue weighted by Crippen LogP contribution is -2.31. The number of benzene rings is 1. The minimum Gasteiger partial charge on any atom is -0.591 e. The van der Waals surface area contributed by atoms with Crippen LogP contribution in [0.3, 0.4) is 0 Å². The van der Waals surface area contributed by atoms with Gasteiger partial charge in [-0.3, -0.25) is 0 Å². The average Bonchev–Trinajstić information content (AvgIpc) is 2.46. The van der Waals surface area contributed by atoms with Crippen molar-refractivity contribution in [3.05, 3.63) is 35.4 Å². The molecular weight excluding hydrogens is 380 g/mol. The molecule has 0 aliphatic rings. The van der Waals surface area contributed by atoms with Crippen molar-refractivity contribution in [1.29, 1.82) is 0 Å². The van der Waals surface area contributed by atoms with Crippen molar-refractivity contribution in [2.45, 2.75) is 63.6 Å². The fourth-order valence-electron chi connectivity index (χ4n) is 1.97. The molecule has 0 spiro atoms. The molecule has 0 saturated heterocycles. The Bertz CT molecular complexity index is 602. The molecule has 9 heteroatoms. The van der Waals surface area contributed by atoms with Gasteiger partial charge < -0.3 is 4.55 Å². The number of hydrogen-bond donors (Lipinski definition) is 0. The number of unbranched alkanes of at least 4 members (excludes halogenated alkanes) is 1. The molecule has 0 heterocycles. The quantitative estimate of drug-likeness (QED) is 0.258. The van der Waals surface area contributed by atoms with E-state index in [1.807, 2.05) is 0 Å². The van der Waals surface area contributed by atoms with Gasteiger partial charge in [-0.2, -0.15) is 26.3 Å². The van der Waals surface area contributed by atoms with Crippen LogP contribution in [0.15, 0.2) is 28.7 Å². The molecule has 1 aromatic rings. The average molecular weight is 401 g/mol. The van der Waals surface area contributed by atoms with Crippen LogP contribution in [0, 0.1) is 0 Å². The Kier molecular flexibility index (Phi) is 7.59.